The van der Waals surface area contributed by atoms with E-state index in [1.54, 1.807) is 29.8 Å². The number of amides is 1. The normalized spacial score (nSPS) is 14.8. The summed E-state index contributed by atoms with van der Waals surface area (Å²) in [4.78, 5) is 26.1. The lowest BCUT2D eigenvalue weighted by Crippen LogP contribution is -2.35. The Morgan fingerprint density at radius 1 is 1.06 bits per heavy atom. The summed E-state index contributed by atoms with van der Waals surface area (Å²) in [5.74, 6) is 0.0465. The number of aryl methyl sites for hydroxylation is 2. The van der Waals surface area contributed by atoms with Crippen molar-refractivity contribution in [1.82, 2.24) is 24.6 Å². The topological polar surface area (TPSA) is 67.2 Å². The van der Waals surface area contributed by atoms with Gasteiger partial charge in [-0.25, -0.2) is 4.68 Å². The van der Waals surface area contributed by atoms with Gasteiger partial charge in [0.15, 0.2) is 10.8 Å². The molecule has 1 amide bonds. The molecule has 0 radical (unpaired) electrons. The molecule has 0 atom stereocenters. The Morgan fingerprint density at radius 2 is 1.97 bits per heavy atom. The molecule has 4 aromatic rings. The molecule has 7 nitrogen and oxygen atoms in total. The predicted molar refractivity (Wildman–Crippen MR) is 123 cm³/mol. The van der Waals surface area contributed by atoms with Crippen LogP contribution in [-0.4, -0.2) is 56.7 Å². The lowest BCUT2D eigenvalue weighted by atomic mass is 10.2. The van der Waals surface area contributed by atoms with Crippen LogP contribution in [0.15, 0.2) is 48.8 Å². The van der Waals surface area contributed by atoms with Gasteiger partial charge in [0.05, 0.1) is 21.6 Å². The van der Waals surface area contributed by atoms with Crippen molar-refractivity contribution >= 4 is 32.7 Å². The quantitative estimate of drug-likeness (QED) is 0.492. The number of carbonyl (C=O) groups is 1. The van der Waals surface area contributed by atoms with Crippen LogP contribution in [0, 0.1) is 13.8 Å². The Labute approximate surface area is 185 Å². The van der Waals surface area contributed by atoms with Gasteiger partial charge in [0.2, 0.25) is 0 Å². The highest BCUT2D eigenvalue weighted by Crippen LogP contribution is 2.33. The standard InChI is InChI=1S/C23H24N6OS/c1-16-6-3-8-19(14-16)29-21-20(17(2)26-29)31-23(25-21)28-11-5-10-27(12-13-28)22(30)18-7-4-9-24-15-18/h3-4,6-9,14-15H,5,10-13H2,1-2H3. The second-order valence-electron chi connectivity index (χ2n) is 7.86. The number of nitrogens with zero attached hydrogens (tertiary/aromatic N) is 6. The van der Waals surface area contributed by atoms with Gasteiger partial charge >= 0.3 is 0 Å². The van der Waals surface area contributed by atoms with Gasteiger partial charge in [-0.3, -0.25) is 9.78 Å². The molecule has 0 N–H and O–H groups in total. The zero-order valence-electron chi connectivity index (χ0n) is 17.7. The SMILES string of the molecule is Cc1cccc(-n2nc(C)c3sc(N4CCCN(C(=O)c5cccnc5)CC4)nc32)c1. The number of rotatable bonds is 3. The number of benzene rings is 1. The third-order valence-corrected chi connectivity index (χ3v) is 6.80. The molecule has 1 aromatic carbocycles. The van der Waals surface area contributed by atoms with Crippen LogP contribution in [0.5, 0.6) is 0 Å². The van der Waals surface area contributed by atoms with Crippen LogP contribution in [0.4, 0.5) is 5.13 Å². The molecule has 4 heterocycles. The van der Waals surface area contributed by atoms with E-state index in [4.69, 9.17) is 10.1 Å². The summed E-state index contributed by atoms with van der Waals surface area (Å²) in [6.07, 6.45) is 4.23. The number of carbonyl (C=O) groups excluding carboxylic acids is 1. The number of hydrogen-bond donors (Lipinski definition) is 0. The highest BCUT2D eigenvalue weighted by Gasteiger charge is 2.24. The monoisotopic (exact) mass is 432 g/mol. The first kappa shape index (κ1) is 19.7. The van der Waals surface area contributed by atoms with Crippen molar-refractivity contribution in [2.24, 2.45) is 0 Å². The van der Waals surface area contributed by atoms with Crippen molar-refractivity contribution in [3.05, 3.63) is 65.6 Å². The lowest BCUT2D eigenvalue weighted by Gasteiger charge is -2.21. The fourth-order valence-corrected chi connectivity index (χ4v) is 5.02. The molecular formula is C23H24N6OS. The molecule has 5 rings (SSSR count). The fraction of sp³-hybridized carbons (Fsp3) is 0.304. The molecular weight excluding hydrogens is 408 g/mol. The largest absolute Gasteiger partial charge is 0.346 e. The predicted octanol–water partition coefficient (Wildman–Crippen LogP) is 3.85. The molecule has 31 heavy (non-hydrogen) atoms. The molecule has 3 aromatic heterocycles. The number of fused-ring (bicyclic) bond motifs is 1. The Bertz CT molecular complexity index is 1230. The van der Waals surface area contributed by atoms with Crippen LogP contribution >= 0.6 is 11.3 Å². The summed E-state index contributed by atoms with van der Waals surface area (Å²) >= 11 is 1.68. The van der Waals surface area contributed by atoms with Crippen LogP contribution in [0.2, 0.25) is 0 Å². The van der Waals surface area contributed by atoms with E-state index in [1.807, 2.05) is 28.6 Å². The van der Waals surface area contributed by atoms with E-state index in [0.717, 1.165) is 52.9 Å². The molecule has 0 aliphatic carbocycles. The highest BCUT2D eigenvalue weighted by molar-refractivity contribution is 7.22. The van der Waals surface area contributed by atoms with E-state index >= 15 is 0 Å². The maximum Gasteiger partial charge on any atom is 0.255 e. The van der Waals surface area contributed by atoms with Gasteiger partial charge in [0.25, 0.3) is 5.91 Å². The van der Waals surface area contributed by atoms with Crippen LogP contribution in [0.3, 0.4) is 0 Å². The first-order chi connectivity index (χ1) is 15.1. The van der Waals surface area contributed by atoms with Crippen molar-refractivity contribution in [1.29, 1.82) is 0 Å². The summed E-state index contributed by atoms with van der Waals surface area (Å²) in [6.45, 7) is 7.17. The zero-order valence-corrected chi connectivity index (χ0v) is 18.5. The molecule has 158 valence electrons. The lowest BCUT2D eigenvalue weighted by molar-refractivity contribution is 0.0766. The average Bonchev–Trinajstić information content (AvgIpc) is 3.25. The van der Waals surface area contributed by atoms with Gasteiger partial charge < -0.3 is 9.80 Å². The minimum Gasteiger partial charge on any atom is -0.346 e. The molecule has 8 heteroatoms. The number of thiazole rings is 1. The van der Waals surface area contributed by atoms with Gasteiger partial charge in [-0.2, -0.15) is 10.1 Å². The van der Waals surface area contributed by atoms with E-state index < -0.39 is 0 Å². The van der Waals surface area contributed by atoms with Crippen LogP contribution in [0.25, 0.3) is 16.0 Å². The third-order valence-electron chi connectivity index (χ3n) is 5.59. The van der Waals surface area contributed by atoms with Crippen LogP contribution in [-0.2, 0) is 0 Å². The highest BCUT2D eigenvalue weighted by atomic mass is 32.1. The molecule has 1 aliphatic heterocycles. The number of pyridine rings is 1. The van der Waals surface area contributed by atoms with E-state index in [0.29, 0.717) is 12.1 Å². The number of anilines is 1. The maximum atomic E-state index is 12.8. The maximum absolute atomic E-state index is 12.8. The molecule has 0 saturated carbocycles. The number of aromatic nitrogens is 4. The Hall–Kier alpha value is -3.26. The summed E-state index contributed by atoms with van der Waals surface area (Å²) < 4.78 is 3.05. The first-order valence-electron chi connectivity index (χ1n) is 10.5. The van der Waals surface area contributed by atoms with Gasteiger partial charge in [0, 0.05) is 38.6 Å². The molecule has 1 saturated heterocycles. The Kier molecular flexibility index (Phi) is 5.15. The average molecular weight is 433 g/mol. The number of hydrogen-bond acceptors (Lipinski definition) is 6. The third kappa shape index (κ3) is 3.79. The van der Waals surface area contributed by atoms with Crippen LogP contribution in [0.1, 0.15) is 28.0 Å². The molecule has 1 fully saturated rings. The van der Waals surface area contributed by atoms with Gasteiger partial charge in [0.1, 0.15) is 0 Å². The van der Waals surface area contributed by atoms with E-state index in [1.165, 1.54) is 5.56 Å². The zero-order chi connectivity index (χ0) is 21.4. The van der Waals surface area contributed by atoms with Gasteiger partial charge in [-0.15, -0.1) is 0 Å². The molecule has 0 spiro atoms. The summed E-state index contributed by atoms with van der Waals surface area (Å²) in [5.41, 5.74) is 4.75. The van der Waals surface area contributed by atoms with Crippen molar-refractivity contribution in [3.8, 4) is 5.69 Å². The smallest absolute Gasteiger partial charge is 0.255 e. The van der Waals surface area contributed by atoms with E-state index in [2.05, 4.69) is 35.0 Å². The summed E-state index contributed by atoms with van der Waals surface area (Å²) in [6, 6.07) is 11.9. The summed E-state index contributed by atoms with van der Waals surface area (Å²) in [7, 11) is 0. The van der Waals surface area contributed by atoms with Crippen molar-refractivity contribution in [2.45, 2.75) is 20.3 Å². The molecule has 0 bridgehead atoms. The summed E-state index contributed by atoms with van der Waals surface area (Å²) in [5, 5.41) is 5.72. The minimum absolute atomic E-state index is 0.0465. The molecule has 1 aliphatic rings. The second-order valence-corrected chi connectivity index (χ2v) is 8.84. The van der Waals surface area contributed by atoms with E-state index in [-0.39, 0.29) is 5.91 Å². The van der Waals surface area contributed by atoms with Crippen molar-refractivity contribution in [2.75, 3.05) is 31.1 Å². The second kappa shape index (κ2) is 8.11. The Balaban J connectivity index is 1.39. The molecule has 0 unspecified atom stereocenters. The Morgan fingerprint density at radius 3 is 2.77 bits per heavy atom. The van der Waals surface area contributed by atoms with E-state index in [9.17, 15) is 4.79 Å². The van der Waals surface area contributed by atoms with Crippen molar-refractivity contribution < 1.29 is 4.79 Å². The van der Waals surface area contributed by atoms with Gasteiger partial charge in [-0.05, 0) is 50.1 Å². The first-order valence-corrected chi connectivity index (χ1v) is 11.3. The van der Waals surface area contributed by atoms with Gasteiger partial charge in [-0.1, -0.05) is 23.5 Å². The van der Waals surface area contributed by atoms with Crippen LogP contribution < -0.4 is 4.90 Å². The fourth-order valence-electron chi connectivity index (χ4n) is 3.98. The minimum atomic E-state index is 0.0465. The van der Waals surface area contributed by atoms with Crippen molar-refractivity contribution in [3.63, 3.8) is 0 Å².